The average molecular weight is 265 g/mol. The van der Waals surface area contributed by atoms with E-state index in [1.54, 1.807) is 22.7 Å². The van der Waals surface area contributed by atoms with E-state index in [4.69, 9.17) is 5.11 Å². The number of carbonyl (C=O) groups is 2. The minimum absolute atomic E-state index is 0.134. The number of aryl methyl sites for hydroxylation is 1. The van der Waals surface area contributed by atoms with Crippen LogP contribution in [0.2, 0.25) is 0 Å². The van der Waals surface area contributed by atoms with Gasteiger partial charge in [-0.15, -0.1) is 0 Å². The lowest BCUT2D eigenvalue weighted by Crippen LogP contribution is -2.31. The van der Waals surface area contributed by atoms with E-state index >= 15 is 0 Å². The molecule has 0 bridgehead atoms. The molecule has 0 unspecified atom stereocenters. The molecule has 0 radical (unpaired) electrons. The molecule has 6 nitrogen and oxygen atoms in total. The molecule has 104 valence electrons. The Balaban J connectivity index is 2.14. The number of hydrogen-bond acceptors (Lipinski definition) is 3. The summed E-state index contributed by atoms with van der Waals surface area (Å²) in [6.45, 7) is 4.83. The average Bonchev–Trinajstić information content (AvgIpc) is 2.94. The van der Waals surface area contributed by atoms with Gasteiger partial charge in [0, 0.05) is 20.1 Å². The third-order valence-corrected chi connectivity index (χ3v) is 3.53. The number of carboxylic acid groups (broad SMARTS) is 1. The summed E-state index contributed by atoms with van der Waals surface area (Å²) in [6, 6.07) is 1.79. The van der Waals surface area contributed by atoms with Crippen LogP contribution in [0.25, 0.3) is 0 Å². The van der Waals surface area contributed by atoms with Gasteiger partial charge in [0.2, 0.25) is 0 Å². The van der Waals surface area contributed by atoms with Crippen molar-refractivity contribution in [3.05, 3.63) is 17.5 Å². The Kier molecular flexibility index (Phi) is 3.59. The molecule has 1 aliphatic heterocycles. The van der Waals surface area contributed by atoms with Crippen molar-refractivity contribution >= 4 is 11.9 Å². The highest BCUT2D eigenvalue weighted by Crippen LogP contribution is 2.20. The zero-order valence-electron chi connectivity index (χ0n) is 11.5. The topological polar surface area (TPSA) is 75.4 Å². The summed E-state index contributed by atoms with van der Waals surface area (Å²) in [5.74, 6) is -1.14. The molecule has 0 spiro atoms. The standard InChI is InChI=1S/C13H19N3O3/c1-8(2)10-6-11(15(3)14-10)12(17)16-5-4-9(7-16)13(18)19/h6,8-9H,4-5,7H2,1-3H3,(H,18,19)/t9-/m0/s1. The SMILES string of the molecule is CC(C)c1cc(C(=O)N2CC[C@H](C(=O)O)C2)n(C)n1. The number of aromatic nitrogens is 2. The molecular weight excluding hydrogens is 246 g/mol. The van der Waals surface area contributed by atoms with Gasteiger partial charge in [-0.25, -0.2) is 0 Å². The van der Waals surface area contributed by atoms with Gasteiger partial charge in [0.05, 0.1) is 11.6 Å². The Labute approximate surface area is 112 Å². The molecule has 1 amide bonds. The molecule has 0 saturated carbocycles. The number of rotatable bonds is 3. The van der Waals surface area contributed by atoms with Crippen LogP contribution in [0.15, 0.2) is 6.07 Å². The summed E-state index contributed by atoms with van der Waals surface area (Å²) in [7, 11) is 1.74. The minimum atomic E-state index is -0.830. The van der Waals surface area contributed by atoms with Gasteiger partial charge in [-0.3, -0.25) is 14.3 Å². The lowest BCUT2D eigenvalue weighted by molar-refractivity contribution is -0.141. The highest BCUT2D eigenvalue weighted by atomic mass is 16.4. The van der Waals surface area contributed by atoms with E-state index in [0.717, 1.165) is 5.69 Å². The zero-order valence-corrected chi connectivity index (χ0v) is 11.5. The van der Waals surface area contributed by atoms with Crippen LogP contribution >= 0.6 is 0 Å². The number of carboxylic acids is 1. The Morgan fingerprint density at radius 3 is 2.63 bits per heavy atom. The summed E-state index contributed by atoms with van der Waals surface area (Å²) in [5.41, 5.74) is 1.40. The quantitative estimate of drug-likeness (QED) is 0.887. The van der Waals surface area contributed by atoms with Crippen molar-refractivity contribution in [3.8, 4) is 0 Å². The molecule has 2 heterocycles. The maximum atomic E-state index is 12.3. The van der Waals surface area contributed by atoms with Crippen molar-refractivity contribution in [2.45, 2.75) is 26.2 Å². The third kappa shape index (κ3) is 2.62. The largest absolute Gasteiger partial charge is 0.481 e. The number of hydrogen-bond donors (Lipinski definition) is 1. The van der Waals surface area contributed by atoms with Gasteiger partial charge in [-0.05, 0) is 18.4 Å². The Hall–Kier alpha value is -1.85. The van der Waals surface area contributed by atoms with E-state index in [0.29, 0.717) is 18.7 Å². The van der Waals surface area contributed by atoms with Crippen LogP contribution in [0.1, 0.15) is 42.4 Å². The minimum Gasteiger partial charge on any atom is -0.481 e. The van der Waals surface area contributed by atoms with E-state index in [2.05, 4.69) is 5.10 Å². The van der Waals surface area contributed by atoms with Crippen LogP contribution in [0.3, 0.4) is 0 Å². The molecule has 1 N–H and O–H groups in total. The van der Waals surface area contributed by atoms with Gasteiger partial charge < -0.3 is 10.0 Å². The molecule has 1 saturated heterocycles. The third-order valence-electron chi connectivity index (χ3n) is 3.53. The first-order valence-electron chi connectivity index (χ1n) is 6.46. The summed E-state index contributed by atoms with van der Waals surface area (Å²) in [4.78, 5) is 24.9. The van der Waals surface area contributed by atoms with Crippen LogP contribution < -0.4 is 0 Å². The molecule has 1 aromatic heterocycles. The van der Waals surface area contributed by atoms with Gasteiger partial charge >= 0.3 is 5.97 Å². The van der Waals surface area contributed by atoms with Crippen LogP contribution in [0.4, 0.5) is 0 Å². The molecule has 1 fully saturated rings. The molecule has 0 aliphatic carbocycles. The second kappa shape index (κ2) is 5.03. The molecule has 1 atom stereocenters. The van der Waals surface area contributed by atoms with E-state index in [-0.39, 0.29) is 18.4 Å². The summed E-state index contributed by atoms with van der Waals surface area (Å²) < 4.78 is 1.58. The van der Waals surface area contributed by atoms with E-state index in [1.165, 1.54) is 0 Å². The fourth-order valence-corrected chi connectivity index (χ4v) is 2.28. The van der Waals surface area contributed by atoms with E-state index in [9.17, 15) is 9.59 Å². The monoisotopic (exact) mass is 265 g/mol. The van der Waals surface area contributed by atoms with Gasteiger partial charge in [-0.1, -0.05) is 13.8 Å². The second-order valence-corrected chi connectivity index (χ2v) is 5.31. The van der Waals surface area contributed by atoms with Crippen LogP contribution in [-0.4, -0.2) is 44.8 Å². The number of nitrogens with zero attached hydrogens (tertiary/aromatic N) is 3. The Morgan fingerprint density at radius 1 is 1.47 bits per heavy atom. The van der Waals surface area contributed by atoms with Gasteiger partial charge in [0.25, 0.3) is 5.91 Å². The number of amides is 1. The van der Waals surface area contributed by atoms with Crippen LogP contribution in [0.5, 0.6) is 0 Å². The highest BCUT2D eigenvalue weighted by molar-refractivity contribution is 5.93. The maximum absolute atomic E-state index is 12.3. The number of carbonyl (C=O) groups excluding carboxylic acids is 1. The van der Waals surface area contributed by atoms with Crippen LogP contribution in [-0.2, 0) is 11.8 Å². The predicted octanol–water partition coefficient (Wildman–Crippen LogP) is 1.09. The first-order chi connectivity index (χ1) is 8.90. The van der Waals surface area contributed by atoms with Gasteiger partial charge in [-0.2, -0.15) is 5.10 Å². The summed E-state index contributed by atoms with van der Waals surface area (Å²) in [5, 5.41) is 13.3. The highest BCUT2D eigenvalue weighted by Gasteiger charge is 2.32. The van der Waals surface area contributed by atoms with Crippen molar-refractivity contribution in [2.75, 3.05) is 13.1 Å². The van der Waals surface area contributed by atoms with Gasteiger partial charge in [0.15, 0.2) is 0 Å². The van der Waals surface area contributed by atoms with Crippen molar-refractivity contribution in [2.24, 2.45) is 13.0 Å². The van der Waals surface area contributed by atoms with Crippen molar-refractivity contribution in [1.29, 1.82) is 0 Å². The van der Waals surface area contributed by atoms with Crippen molar-refractivity contribution < 1.29 is 14.7 Å². The Bertz CT molecular complexity index is 507. The number of likely N-dealkylation sites (tertiary alicyclic amines) is 1. The van der Waals surface area contributed by atoms with Gasteiger partial charge in [0.1, 0.15) is 5.69 Å². The first-order valence-corrected chi connectivity index (χ1v) is 6.46. The Morgan fingerprint density at radius 2 is 2.16 bits per heavy atom. The van der Waals surface area contributed by atoms with E-state index < -0.39 is 11.9 Å². The molecule has 0 aromatic carbocycles. The molecule has 1 aliphatic rings. The smallest absolute Gasteiger partial charge is 0.308 e. The van der Waals surface area contributed by atoms with E-state index in [1.807, 2.05) is 13.8 Å². The molecule has 2 rings (SSSR count). The van der Waals surface area contributed by atoms with Crippen LogP contribution in [0, 0.1) is 5.92 Å². The lowest BCUT2D eigenvalue weighted by atomic mass is 10.1. The first kappa shape index (κ1) is 13.6. The van der Waals surface area contributed by atoms with Crippen molar-refractivity contribution in [1.82, 2.24) is 14.7 Å². The molecule has 19 heavy (non-hydrogen) atoms. The fraction of sp³-hybridized carbons (Fsp3) is 0.615. The second-order valence-electron chi connectivity index (χ2n) is 5.31. The number of aliphatic carboxylic acids is 1. The molecular formula is C13H19N3O3. The predicted molar refractivity (Wildman–Crippen MR) is 68.9 cm³/mol. The molecule has 1 aromatic rings. The lowest BCUT2D eigenvalue weighted by Gasteiger charge is -2.15. The molecule has 6 heteroatoms. The maximum Gasteiger partial charge on any atom is 0.308 e. The summed E-state index contributed by atoms with van der Waals surface area (Å²) >= 11 is 0. The fourth-order valence-electron chi connectivity index (χ4n) is 2.28. The zero-order chi connectivity index (χ0) is 14.2. The van der Waals surface area contributed by atoms with Crippen molar-refractivity contribution in [3.63, 3.8) is 0 Å². The normalized spacial score (nSPS) is 19.2. The summed E-state index contributed by atoms with van der Waals surface area (Å²) in [6.07, 6.45) is 0.524.